The highest BCUT2D eigenvalue weighted by Crippen LogP contribution is 2.36. The quantitative estimate of drug-likeness (QED) is 0.0898. The summed E-state index contributed by atoms with van der Waals surface area (Å²) in [6.45, 7) is 6.69. The molecule has 5 aromatic rings. The van der Waals surface area contributed by atoms with Gasteiger partial charge in [0.15, 0.2) is 0 Å². The Kier molecular flexibility index (Phi) is 9.86. The minimum Gasteiger partial charge on any atom is -0.307 e. The SMILES string of the molecule is CC(C)(C)c1ccc(-c2cc(-c3ccccc3)nc(SCC(=O)N(Cc3ccc(Cl)cc3)c3ccc([N+](=O)[O-])cc3)c2C#N)cc1. The van der Waals surface area contributed by atoms with Crippen LogP contribution in [0.15, 0.2) is 114 Å². The van der Waals surface area contributed by atoms with E-state index in [9.17, 15) is 20.2 Å². The molecule has 4 aromatic carbocycles. The number of non-ortho nitro benzene ring substituents is 1. The Morgan fingerprint density at radius 3 is 2.17 bits per heavy atom. The van der Waals surface area contributed by atoms with E-state index in [1.807, 2.05) is 60.7 Å². The summed E-state index contributed by atoms with van der Waals surface area (Å²) < 4.78 is 0. The minimum absolute atomic E-state index is 0.0209. The Bertz CT molecular complexity index is 1900. The minimum atomic E-state index is -0.478. The smallest absolute Gasteiger partial charge is 0.269 e. The van der Waals surface area contributed by atoms with E-state index >= 15 is 0 Å². The molecule has 0 N–H and O–H groups in total. The van der Waals surface area contributed by atoms with Gasteiger partial charge in [0.2, 0.25) is 5.91 Å². The number of pyridine rings is 1. The van der Waals surface area contributed by atoms with Crippen LogP contribution in [-0.2, 0) is 16.8 Å². The summed E-state index contributed by atoms with van der Waals surface area (Å²) in [4.78, 5) is 31.1. The number of carbonyl (C=O) groups is 1. The molecule has 0 fully saturated rings. The van der Waals surface area contributed by atoms with Gasteiger partial charge in [-0.2, -0.15) is 5.26 Å². The summed E-state index contributed by atoms with van der Waals surface area (Å²) in [5.74, 6) is -0.270. The molecule has 5 rings (SSSR count). The first-order valence-corrected chi connectivity index (χ1v) is 15.9. The van der Waals surface area contributed by atoms with Gasteiger partial charge in [-0.3, -0.25) is 14.9 Å². The van der Waals surface area contributed by atoms with Crippen LogP contribution in [0.3, 0.4) is 0 Å². The summed E-state index contributed by atoms with van der Waals surface area (Å²) in [5, 5.41) is 22.7. The van der Waals surface area contributed by atoms with Gasteiger partial charge in [-0.15, -0.1) is 0 Å². The van der Waals surface area contributed by atoms with Gasteiger partial charge in [0.05, 0.1) is 28.5 Å². The molecule has 0 aliphatic heterocycles. The van der Waals surface area contributed by atoms with Crippen LogP contribution in [0.5, 0.6) is 0 Å². The first-order chi connectivity index (χ1) is 22.0. The number of hydrogen-bond donors (Lipinski definition) is 0. The van der Waals surface area contributed by atoms with Crippen LogP contribution in [0.1, 0.15) is 37.5 Å². The average molecular weight is 647 g/mol. The van der Waals surface area contributed by atoms with Crippen molar-refractivity contribution in [2.45, 2.75) is 37.8 Å². The molecular weight excluding hydrogens is 616 g/mol. The number of nitro benzene ring substituents is 1. The second-order valence-corrected chi connectivity index (χ2v) is 13.1. The van der Waals surface area contributed by atoms with Crippen LogP contribution >= 0.6 is 23.4 Å². The molecule has 0 saturated heterocycles. The number of aromatic nitrogens is 1. The molecule has 7 nitrogen and oxygen atoms in total. The Labute approximate surface area is 277 Å². The fourth-order valence-electron chi connectivity index (χ4n) is 4.93. The van der Waals surface area contributed by atoms with E-state index in [4.69, 9.17) is 16.6 Å². The van der Waals surface area contributed by atoms with Crippen molar-refractivity contribution in [1.29, 1.82) is 5.26 Å². The van der Waals surface area contributed by atoms with Crippen LogP contribution in [0.4, 0.5) is 11.4 Å². The molecule has 0 saturated carbocycles. The highest BCUT2D eigenvalue weighted by Gasteiger charge is 2.22. The number of anilines is 1. The van der Waals surface area contributed by atoms with Crippen LogP contribution in [0, 0.1) is 21.4 Å². The number of hydrogen-bond acceptors (Lipinski definition) is 6. The van der Waals surface area contributed by atoms with E-state index in [0.717, 1.165) is 22.3 Å². The molecule has 0 unspecified atom stereocenters. The predicted molar refractivity (Wildman–Crippen MR) is 185 cm³/mol. The first-order valence-electron chi connectivity index (χ1n) is 14.6. The van der Waals surface area contributed by atoms with E-state index in [1.54, 1.807) is 29.2 Å². The van der Waals surface area contributed by atoms with Crippen molar-refractivity contribution in [3.8, 4) is 28.5 Å². The number of carbonyl (C=O) groups excluding carboxylic acids is 1. The molecule has 0 radical (unpaired) electrons. The lowest BCUT2D eigenvalue weighted by atomic mass is 9.86. The maximum Gasteiger partial charge on any atom is 0.269 e. The van der Waals surface area contributed by atoms with Crippen LogP contribution in [-0.4, -0.2) is 21.6 Å². The molecule has 1 aromatic heterocycles. The van der Waals surface area contributed by atoms with Gasteiger partial charge < -0.3 is 4.90 Å². The van der Waals surface area contributed by atoms with Gasteiger partial charge in [0.25, 0.3) is 5.69 Å². The molecule has 0 atom stereocenters. The topological polar surface area (TPSA) is 100 Å². The van der Waals surface area contributed by atoms with Crippen molar-refractivity contribution in [1.82, 2.24) is 4.98 Å². The van der Waals surface area contributed by atoms with Gasteiger partial charge in [0, 0.05) is 34.0 Å². The number of nitrogens with zero attached hydrogens (tertiary/aromatic N) is 4. The third kappa shape index (κ3) is 7.63. The largest absolute Gasteiger partial charge is 0.307 e. The Hall–Kier alpha value is -4.97. The fraction of sp³-hybridized carbons (Fsp3) is 0.162. The number of nitriles is 1. The monoisotopic (exact) mass is 646 g/mol. The lowest BCUT2D eigenvalue weighted by Gasteiger charge is -2.23. The number of thioether (sulfide) groups is 1. The summed E-state index contributed by atoms with van der Waals surface area (Å²) >= 11 is 7.28. The zero-order valence-corrected chi connectivity index (χ0v) is 27.2. The number of benzene rings is 4. The third-order valence-electron chi connectivity index (χ3n) is 7.49. The lowest BCUT2D eigenvalue weighted by molar-refractivity contribution is -0.384. The van der Waals surface area contributed by atoms with E-state index in [1.165, 1.54) is 29.5 Å². The molecule has 230 valence electrons. The predicted octanol–water partition coefficient (Wildman–Crippen LogP) is 9.47. The summed E-state index contributed by atoms with van der Waals surface area (Å²) in [6, 6.07) is 35.2. The van der Waals surface area contributed by atoms with Gasteiger partial charge in [-0.1, -0.05) is 111 Å². The zero-order chi connectivity index (χ0) is 32.8. The van der Waals surface area contributed by atoms with Crippen LogP contribution in [0.25, 0.3) is 22.4 Å². The second kappa shape index (κ2) is 14.0. The number of amides is 1. The Morgan fingerprint density at radius 2 is 1.59 bits per heavy atom. The van der Waals surface area contributed by atoms with Crippen LogP contribution < -0.4 is 4.90 Å². The van der Waals surface area contributed by atoms with Crippen LogP contribution in [0.2, 0.25) is 5.02 Å². The molecule has 1 heterocycles. The van der Waals surface area contributed by atoms with E-state index in [0.29, 0.717) is 27.0 Å². The number of rotatable bonds is 9. The molecule has 46 heavy (non-hydrogen) atoms. The molecule has 0 bridgehead atoms. The van der Waals surface area contributed by atoms with E-state index in [2.05, 4.69) is 39.0 Å². The Balaban J connectivity index is 1.51. The molecule has 1 amide bonds. The van der Waals surface area contributed by atoms with Crippen molar-refractivity contribution in [2.24, 2.45) is 0 Å². The number of nitro groups is 1. The molecule has 9 heteroatoms. The van der Waals surface area contributed by atoms with Crippen molar-refractivity contribution in [3.63, 3.8) is 0 Å². The van der Waals surface area contributed by atoms with Gasteiger partial charge in [-0.25, -0.2) is 4.98 Å². The summed E-state index contributed by atoms with van der Waals surface area (Å²) in [6.07, 6.45) is 0. The van der Waals surface area contributed by atoms with E-state index in [-0.39, 0.29) is 29.3 Å². The average Bonchev–Trinajstić information content (AvgIpc) is 3.06. The first kappa shape index (κ1) is 32.4. The fourth-order valence-corrected chi connectivity index (χ4v) is 5.93. The van der Waals surface area contributed by atoms with Gasteiger partial charge in [0.1, 0.15) is 11.1 Å². The Morgan fingerprint density at radius 1 is 0.935 bits per heavy atom. The standard InChI is InChI=1S/C37H31ClN4O3S/c1-37(2,3)28-13-11-26(12-14-28)32-21-34(27-7-5-4-6-8-27)40-36(33(32)22-39)46-24-35(43)41(23-25-9-15-29(38)16-10-25)30-17-19-31(20-18-30)42(44)45/h4-21H,23-24H2,1-3H3. The molecule has 0 spiro atoms. The van der Waals surface area contributed by atoms with Crippen molar-refractivity contribution in [2.75, 3.05) is 10.7 Å². The lowest BCUT2D eigenvalue weighted by Crippen LogP contribution is -2.32. The third-order valence-corrected chi connectivity index (χ3v) is 8.70. The maximum atomic E-state index is 13.9. The van der Waals surface area contributed by atoms with Crippen molar-refractivity contribution >= 4 is 40.6 Å². The zero-order valence-electron chi connectivity index (χ0n) is 25.6. The van der Waals surface area contributed by atoms with Gasteiger partial charge >= 0.3 is 0 Å². The van der Waals surface area contributed by atoms with E-state index < -0.39 is 4.92 Å². The van der Waals surface area contributed by atoms with Crippen molar-refractivity contribution < 1.29 is 9.72 Å². The summed E-state index contributed by atoms with van der Waals surface area (Å²) in [7, 11) is 0. The summed E-state index contributed by atoms with van der Waals surface area (Å²) in [5.41, 5.74) is 6.03. The molecular formula is C37H31ClN4O3S. The highest BCUT2D eigenvalue weighted by atomic mass is 35.5. The van der Waals surface area contributed by atoms with Gasteiger partial charge in [-0.05, 0) is 52.4 Å². The number of halogens is 1. The second-order valence-electron chi connectivity index (χ2n) is 11.7. The normalized spacial score (nSPS) is 11.1. The molecule has 0 aliphatic rings. The molecule has 0 aliphatic carbocycles. The maximum absolute atomic E-state index is 13.9. The van der Waals surface area contributed by atoms with Crippen molar-refractivity contribution in [3.05, 3.63) is 141 Å². The highest BCUT2D eigenvalue weighted by molar-refractivity contribution is 8.00.